The van der Waals surface area contributed by atoms with Crippen LogP contribution in [-0.4, -0.2) is 67.5 Å². The Hall–Kier alpha value is -3.86. The molecule has 0 aliphatic carbocycles. The van der Waals surface area contributed by atoms with Gasteiger partial charge < -0.3 is 20.3 Å². The van der Waals surface area contributed by atoms with Gasteiger partial charge >= 0.3 is 0 Å². The normalized spacial score (nSPS) is 18.6. The zero-order chi connectivity index (χ0) is 23.1. The number of nitrogens with zero attached hydrogens (tertiary/aromatic N) is 7. The average molecular weight is 448 g/mol. The Bertz CT molecular complexity index is 1340. The molecule has 2 atom stereocenters. The number of piperazine rings is 1. The van der Waals surface area contributed by atoms with Crippen molar-refractivity contribution >= 4 is 34.2 Å². The number of imidazole rings is 1. The molecule has 170 valence electrons. The molecule has 4 aromatic rings. The van der Waals surface area contributed by atoms with Gasteiger partial charge in [0.2, 0.25) is 5.65 Å². The Morgan fingerprint density at radius 3 is 2.55 bits per heavy atom. The summed E-state index contributed by atoms with van der Waals surface area (Å²) in [7, 11) is 1.52. The molecule has 0 aromatic carbocycles. The van der Waals surface area contributed by atoms with Gasteiger partial charge in [-0.05, 0) is 20.8 Å². The molecule has 0 saturated carbocycles. The first kappa shape index (κ1) is 21.0. The minimum absolute atomic E-state index is 0.313. The number of rotatable bonds is 4. The van der Waals surface area contributed by atoms with Crippen molar-refractivity contribution < 1.29 is 9.53 Å². The summed E-state index contributed by atoms with van der Waals surface area (Å²) in [6, 6.07) is 0.626. The lowest BCUT2D eigenvalue weighted by Crippen LogP contribution is -2.54. The summed E-state index contributed by atoms with van der Waals surface area (Å²) >= 11 is 0. The maximum absolute atomic E-state index is 13.2. The molecule has 1 aliphatic heterocycles. The molecule has 4 aromatic heterocycles. The third-order valence-electron chi connectivity index (χ3n) is 5.55. The number of aromatic nitrogens is 6. The predicted molar refractivity (Wildman–Crippen MR) is 124 cm³/mol. The Morgan fingerprint density at radius 2 is 1.82 bits per heavy atom. The van der Waals surface area contributed by atoms with Gasteiger partial charge in [-0.1, -0.05) is 0 Å². The number of aryl methyl sites for hydroxylation is 1. The minimum Gasteiger partial charge on any atom is -0.478 e. The van der Waals surface area contributed by atoms with Gasteiger partial charge in [-0.2, -0.15) is 4.98 Å². The van der Waals surface area contributed by atoms with Crippen molar-refractivity contribution in [1.29, 1.82) is 0 Å². The Morgan fingerprint density at radius 1 is 1.09 bits per heavy atom. The lowest BCUT2D eigenvalue weighted by Gasteiger charge is -2.37. The second-order valence-electron chi connectivity index (χ2n) is 8.33. The molecule has 11 heteroatoms. The molecule has 33 heavy (non-hydrogen) atoms. The number of amides is 1. The Balaban J connectivity index is 1.50. The van der Waals surface area contributed by atoms with Gasteiger partial charge in [0.15, 0.2) is 11.6 Å². The lowest BCUT2D eigenvalue weighted by atomic mass is 10.1. The third-order valence-corrected chi connectivity index (χ3v) is 5.55. The number of fused-ring (bicyclic) bond motifs is 2. The van der Waals surface area contributed by atoms with Crippen molar-refractivity contribution in [2.45, 2.75) is 32.9 Å². The first-order valence-corrected chi connectivity index (χ1v) is 10.8. The van der Waals surface area contributed by atoms with E-state index in [1.165, 1.54) is 7.11 Å². The number of carbonyl (C=O) groups is 1. The van der Waals surface area contributed by atoms with E-state index in [0.717, 1.165) is 24.6 Å². The first-order chi connectivity index (χ1) is 15.9. The van der Waals surface area contributed by atoms with Crippen LogP contribution in [0.4, 0.5) is 11.6 Å². The highest BCUT2D eigenvalue weighted by atomic mass is 16.5. The number of anilines is 2. The minimum atomic E-state index is -0.382. The molecule has 0 bridgehead atoms. The summed E-state index contributed by atoms with van der Waals surface area (Å²) in [6.07, 6.45) is 8.27. The van der Waals surface area contributed by atoms with E-state index in [1.54, 1.807) is 29.2 Å². The second-order valence-corrected chi connectivity index (χ2v) is 8.33. The molecule has 1 saturated heterocycles. The summed E-state index contributed by atoms with van der Waals surface area (Å²) in [4.78, 5) is 37.8. The van der Waals surface area contributed by atoms with Crippen LogP contribution in [0.1, 0.15) is 29.9 Å². The molecule has 0 radical (unpaired) electrons. The molecular formula is C22H25N9O2. The Labute approximate surface area is 190 Å². The van der Waals surface area contributed by atoms with Crippen molar-refractivity contribution in [2.24, 2.45) is 0 Å². The molecule has 5 heterocycles. The van der Waals surface area contributed by atoms with Crippen LogP contribution in [0, 0.1) is 6.92 Å². The quantitative estimate of drug-likeness (QED) is 0.482. The van der Waals surface area contributed by atoms with Crippen LogP contribution in [0.3, 0.4) is 0 Å². The number of nitrogens with one attached hydrogen (secondary N) is 2. The topological polar surface area (TPSA) is 122 Å². The molecular weight excluding hydrogens is 422 g/mol. The van der Waals surface area contributed by atoms with Crippen LogP contribution in [0.2, 0.25) is 0 Å². The van der Waals surface area contributed by atoms with Crippen molar-refractivity contribution in [3.8, 4) is 5.88 Å². The summed E-state index contributed by atoms with van der Waals surface area (Å²) in [5, 5.41) is 6.34. The van der Waals surface area contributed by atoms with E-state index in [1.807, 2.05) is 13.1 Å². The van der Waals surface area contributed by atoms with Crippen LogP contribution < -0.4 is 20.3 Å². The molecule has 1 amide bonds. The molecule has 5 rings (SSSR count). The molecule has 11 nitrogen and oxygen atoms in total. The fourth-order valence-electron chi connectivity index (χ4n) is 4.32. The second kappa shape index (κ2) is 8.24. The van der Waals surface area contributed by atoms with Crippen molar-refractivity contribution in [1.82, 2.24) is 34.6 Å². The van der Waals surface area contributed by atoms with Crippen LogP contribution in [0.15, 0.2) is 31.0 Å². The molecule has 1 fully saturated rings. The Kier molecular flexibility index (Phi) is 5.25. The van der Waals surface area contributed by atoms with Gasteiger partial charge in [0, 0.05) is 50.0 Å². The fraction of sp³-hybridized carbons (Fsp3) is 0.364. The van der Waals surface area contributed by atoms with E-state index in [4.69, 9.17) is 4.74 Å². The highest BCUT2D eigenvalue weighted by Crippen LogP contribution is 2.26. The lowest BCUT2D eigenvalue weighted by molar-refractivity contribution is 0.102. The number of pyridine rings is 1. The predicted octanol–water partition coefficient (Wildman–Crippen LogP) is 1.82. The van der Waals surface area contributed by atoms with Gasteiger partial charge in [-0.3, -0.25) is 14.2 Å². The number of carbonyl (C=O) groups excluding carboxylic acids is 1. The smallest absolute Gasteiger partial charge is 0.260 e. The maximum atomic E-state index is 13.2. The van der Waals surface area contributed by atoms with E-state index >= 15 is 0 Å². The van der Waals surface area contributed by atoms with Gasteiger partial charge in [0.25, 0.3) is 11.8 Å². The number of hydrogen-bond donors (Lipinski definition) is 2. The van der Waals surface area contributed by atoms with E-state index in [-0.39, 0.29) is 5.91 Å². The summed E-state index contributed by atoms with van der Waals surface area (Å²) in [6.45, 7) is 7.74. The van der Waals surface area contributed by atoms with Crippen LogP contribution in [0.5, 0.6) is 5.88 Å². The van der Waals surface area contributed by atoms with Crippen LogP contribution in [-0.2, 0) is 0 Å². The van der Waals surface area contributed by atoms with Crippen molar-refractivity contribution in [2.75, 3.05) is 30.4 Å². The number of methoxy groups -OCH3 is 1. The van der Waals surface area contributed by atoms with Crippen LogP contribution in [0.25, 0.3) is 16.7 Å². The monoisotopic (exact) mass is 447 g/mol. The van der Waals surface area contributed by atoms with Crippen molar-refractivity contribution in [3.05, 3.63) is 42.2 Å². The standard InChI is InChI=1S/C22H25N9O2/c1-12-8-30(9-13(2)26-12)19-18-17(23-5-6-24-18)15(7-25-19)21(32)28-16-11-31-10-14(3)27-20(31)22(29-16)33-4/h5-7,10-13,26H,8-9H2,1-4H3,(H,28,32)/t12-,13+. The molecule has 2 N–H and O–H groups in total. The third kappa shape index (κ3) is 3.91. The highest BCUT2D eigenvalue weighted by molar-refractivity contribution is 6.12. The highest BCUT2D eigenvalue weighted by Gasteiger charge is 2.26. The van der Waals surface area contributed by atoms with Gasteiger partial charge in [0.05, 0.1) is 24.6 Å². The summed E-state index contributed by atoms with van der Waals surface area (Å²) in [5.41, 5.74) is 2.80. The first-order valence-electron chi connectivity index (χ1n) is 10.8. The van der Waals surface area contributed by atoms with E-state index in [0.29, 0.717) is 46.0 Å². The van der Waals surface area contributed by atoms with Gasteiger partial charge in [-0.15, -0.1) is 0 Å². The largest absolute Gasteiger partial charge is 0.478 e. The number of ether oxygens (including phenoxy) is 1. The van der Waals surface area contributed by atoms with Gasteiger partial charge in [-0.25, -0.2) is 15.0 Å². The zero-order valence-corrected chi connectivity index (χ0v) is 18.9. The van der Waals surface area contributed by atoms with Crippen LogP contribution >= 0.6 is 0 Å². The van der Waals surface area contributed by atoms with Gasteiger partial charge in [0.1, 0.15) is 11.0 Å². The van der Waals surface area contributed by atoms with Crippen molar-refractivity contribution in [3.63, 3.8) is 0 Å². The zero-order valence-electron chi connectivity index (χ0n) is 18.9. The van der Waals surface area contributed by atoms with E-state index in [9.17, 15) is 4.79 Å². The fourth-order valence-corrected chi connectivity index (χ4v) is 4.32. The molecule has 1 aliphatic rings. The SMILES string of the molecule is COc1nc(NC(=O)c2cnc(N3C[C@@H](C)N[C@@H](C)C3)c3nccnc23)cn2cc(C)nc12. The average Bonchev–Trinajstić information content (AvgIpc) is 3.17. The summed E-state index contributed by atoms with van der Waals surface area (Å²) < 4.78 is 7.11. The molecule has 0 unspecified atom stereocenters. The van der Waals surface area contributed by atoms with E-state index in [2.05, 4.69) is 54.3 Å². The van der Waals surface area contributed by atoms with E-state index < -0.39 is 0 Å². The summed E-state index contributed by atoms with van der Waals surface area (Å²) in [5.74, 6) is 0.992. The molecule has 0 spiro atoms. The maximum Gasteiger partial charge on any atom is 0.260 e. The number of hydrogen-bond acceptors (Lipinski definition) is 9.